The van der Waals surface area contributed by atoms with Crippen molar-refractivity contribution >= 4 is 11.4 Å². The first-order chi connectivity index (χ1) is 8.72. The van der Waals surface area contributed by atoms with Crippen LogP contribution in [0.15, 0.2) is 12.3 Å². The average molecular weight is 249 g/mol. The summed E-state index contributed by atoms with van der Waals surface area (Å²) in [6.07, 6.45) is 4.17. The number of nitrogens with zero attached hydrogens (tertiary/aromatic N) is 2. The van der Waals surface area contributed by atoms with E-state index in [1.165, 1.54) is 12.8 Å². The SMILES string of the molecule is COc1ncc(N2CC3(CCOCC3)C2)cc1N. The van der Waals surface area contributed by atoms with E-state index in [1.54, 1.807) is 7.11 Å². The number of nitrogens with two attached hydrogens (primary N) is 1. The van der Waals surface area contributed by atoms with E-state index in [-0.39, 0.29) is 0 Å². The number of anilines is 2. The normalized spacial score (nSPS) is 21.7. The van der Waals surface area contributed by atoms with Crippen LogP contribution in [0.1, 0.15) is 12.8 Å². The second kappa shape index (κ2) is 4.31. The molecule has 0 aromatic carbocycles. The van der Waals surface area contributed by atoms with Crippen LogP contribution in [-0.2, 0) is 4.74 Å². The van der Waals surface area contributed by atoms with Crippen LogP contribution in [0.4, 0.5) is 11.4 Å². The summed E-state index contributed by atoms with van der Waals surface area (Å²) in [7, 11) is 1.58. The minimum Gasteiger partial charge on any atom is -0.480 e. The standard InChI is InChI=1S/C13H19N3O2/c1-17-12-11(14)6-10(7-15-12)16-8-13(9-16)2-4-18-5-3-13/h6-7H,2-5,8-9,14H2,1H3. The first-order valence-corrected chi connectivity index (χ1v) is 6.35. The summed E-state index contributed by atoms with van der Waals surface area (Å²) in [6, 6.07) is 1.94. The molecule has 0 radical (unpaired) electrons. The molecule has 2 N–H and O–H groups in total. The monoisotopic (exact) mass is 249 g/mol. The summed E-state index contributed by atoms with van der Waals surface area (Å²) in [5, 5.41) is 0. The van der Waals surface area contributed by atoms with Gasteiger partial charge in [-0.2, -0.15) is 0 Å². The summed E-state index contributed by atoms with van der Waals surface area (Å²) in [6.45, 7) is 3.97. The fraction of sp³-hybridized carbons (Fsp3) is 0.615. The van der Waals surface area contributed by atoms with Gasteiger partial charge in [0.25, 0.3) is 0 Å². The zero-order chi connectivity index (χ0) is 12.6. The Kier molecular flexibility index (Phi) is 2.78. The van der Waals surface area contributed by atoms with Crippen LogP contribution < -0.4 is 15.4 Å². The van der Waals surface area contributed by atoms with Crippen molar-refractivity contribution in [2.75, 3.05) is 44.0 Å². The van der Waals surface area contributed by atoms with Crippen molar-refractivity contribution in [3.8, 4) is 5.88 Å². The van der Waals surface area contributed by atoms with Crippen LogP contribution in [0.25, 0.3) is 0 Å². The molecule has 5 nitrogen and oxygen atoms in total. The van der Waals surface area contributed by atoms with Crippen LogP contribution >= 0.6 is 0 Å². The number of pyridine rings is 1. The minimum atomic E-state index is 0.465. The third-order valence-electron chi connectivity index (χ3n) is 4.03. The first kappa shape index (κ1) is 11.6. The molecule has 2 saturated heterocycles. The van der Waals surface area contributed by atoms with E-state index in [0.717, 1.165) is 32.0 Å². The van der Waals surface area contributed by atoms with Crippen LogP contribution in [-0.4, -0.2) is 38.4 Å². The zero-order valence-electron chi connectivity index (χ0n) is 10.7. The number of rotatable bonds is 2. The number of aromatic nitrogens is 1. The molecule has 3 rings (SSSR count). The molecule has 1 spiro atoms. The lowest BCUT2D eigenvalue weighted by atomic mass is 9.73. The molecule has 0 unspecified atom stereocenters. The van der Waals surface area contributed by atoms with Crippen molar-refractivity contribution < 1.29 is 9.47 Å². The van der Waals surface area contributed by atoms with Gasteiger partial charge in [-0.15, -0.1) is 0 Å². The third-order valence-corrected chi connectivity index (χ3v) is 4.03. The number of hydrogen-bond acceptors (Lipinski definition) is 5. The largest absolute Gasteiger partial charge is 0.480 e. The third kappa shape index (κ3) is 1.88. The van der Waals surface area contributed by atoms with Crippen molar-refractivity contribution in [1.82, 2.24) is 4.98 Å². The Morgan fingerprint density at radius 1 is 1.39 bits per heavy atom. The molecule has 0 aliphatic carbocycles. The molecular formula is C13H19N3O2. The van der Waals surface area contributed by atoms with Gasteiger partial charge >= 0.3 is 0 Å². The highest BCUT2D eigenvalue weighted by molar-refractivity contribution is 5.60. The molecule has 18 heavy (non-hydrogen) atoms. The lowest BCUT2D eigenvalue weighted by molar-refractivity contribution is -0.000209. The van der Waals surface area contributed by atoms with Gasteiger partial charge < -0.3 is 20.1 Å². The fourth-order valence-electron chi connectivity index (χ4n) is 2.87. The molecule has 0 amide bonds. The highest BCUT2D eigenvalue weighted by Crippen LogP contribution is 2.42. The van der Waals surface area contributed by atoms with Crippen LogP contribution in [0.3, 0.4) is 0 Å². The molecule has 98 valence electrons. The molecule has 0 bridgehead atoms. The van der Waals surface area contributed by atoms with E-state index < -0.39 is 0 Å². The highest BCUT2D eigenvalue weighted by Gasteiger charge is 2.44. The van der Waals surface area contributed by atoms with Gasteiger partial charge in [-0.25, -0.2) is 4.98 Å². The summed E-state index contributed by atoms with van der Waals surface area (Å²) in [4.78, 5) is 6.55. The molecule has 2 fully saturated rings. The van der Waals surface area contributed by atoms with Crippen LogP contribution in [0, 0.1) is 5.41 Å². The maximum absolute atomic E-state index is 5.88. The average Bonchev–Trinajstić information content (AvgIpc) is 2.37. The van der Waals surface area contributed by atoms with Crippen LogP contribution in [0.2, 0.25) is 0 Å². The second-order valence-corrected chi connectivity index (χ2v) is 5.26. The predicted molar refractivity (Wildman–Crippen MR) is 69.9 cm³/mol. The topological polar surface area (TPSA) is 60.6 Å². The van der Waals surface area contributed by atoms with Gasteiger partial charge in [-0.3, -0.25) is 0 Å². The molecule has 5 heteroatoms. The van der Waals surface area contributed by atoms with Gasteiger partial charge in [-0.05, 0) is 18.9 Å². The first-order valence-electron chi connectivity index (χ1n) is 6.35. The van der Waals surface area contributed by atoms with Crippen molar-refractivity contribution in [2.45, 2.75) is 12.8 Å². The smallest absolute Gasteiger partial charge is 0.236 e. The Hall–Kier alpha value is -1.49. The van der Waals surface area contributed by atoms with Gasteiger partial charge in [0.1, 0.15) is 0 Å². The van der Waals surface area contributed by atoms with Crippen molar-refractivity contribution in [2.24, 2.45) is 5.41 Å². The Morgan fingerprint density at radius 2 is 2.11 bits per heavy atom. The van der Waals surface area contributed by atoms with E-state index in [0.29, 0.717) is 17.0 Å². The molecular weight excluding hydrogens is 230 g/mol. The molecule has 2 aliphatic heterocycles. The number of nitrogen functional groups attached to an aromatic ring is 1. The maximum atomic E-state index is 5.88. The second-order valence-electron chi connectivity index (χ2n) is 5.26. The molecule has 0 atom stereocenters. The predicted octanol–water partition coefficient (Wildman–Crippen LogP) is 1.29. The van der Waals surface area contributed by atoms with Gasteiger partial charge in [0.2, 0.25) is 5.88 Å². The molecule has 0 saturated carbocycles. The Morgan fingerprint density at radius 3 is 2.72 bits per heavy atom. The molecule has 1 aromatic heterocycles. The van der Waals surface area contributed by atoms with Crippen molar-refractivity contribution in [1.29, 1.82) is 0 Å². The van der Waals surface area contributed by atoms with Gasteiger partial charge in [0, 0.05) is 31.7 Å². The lowest BCUT2D eigenvalue weighted by Crippen LogP contribution is -2.58. The van der Waals surface area contributed by atoms with Crippen molar-refractivity contribution in [3.05, 3.63) is 12.3 Å². The molecule has 2 aliphatic rings. The maximum Gasteiger partial charge on any atom is 0.236 e. The van der Waals surface area contributed by atoms with Crippen molar-refractivity contribution in [3.63, 3.8) is 0 Å². The minimum absolute atomic E-state index is 0.465. The lowest BCUT2D eigenvalue weighted by Gasteiger charge is -2.53. The summed E-state index contributed by atoms with van der Waals surface area (Å²) in [5.74, 6) is 0.500. The van der Waals surface area contributed by atoms with E-state index >= 15 is 0 Å². The zero-order valence-corrected chi connectivity index (χ0v) is 10.7. The Balaban J connectivity index is 1.69. The van der Waals surface area contributed by atoms with E-state index in [9.17, 15) is 0 Å². The van der Waals surface area contributed by atoms with E-state index in [2.05, 4.69) is 9.88 Å². The van der Waals surface area contributed by atoms with Gasteiger partial charge in [0.15, 0.2) is 0 Å². The summed E-state index contributed by atoms with van der Waals surface area (Å²) >= 11 is 0. The highest BCUT2D eigenvalue weighted by atomic mass is 16.5. The Labute approximate surface area is 107 Å². The quantitative estimate of drug-likeness (QED) is 0.855. The Bertz CT molecular complexity index is 436. The fourth-order valence-corrected chi connectivity index (χ4v) is 2.87. The van der Waals surface area contributed by atoms with E-state index in [1.807, 2.05) is 12.3 Å². The number of ether oxygens (including phenoxy) is 2. The number of methoxy groups -OCH3 is 1. The molecule has 1 aromatic rings. The van der Waals surface area contributed by atoms with Crippen LogP contribution in [0.5, 0.6) is 5.88 Å². The summed E-state index contributed by atoms with van der Waals surface area (Å²) < 4.78 is 10.5. The van der Waals surface area contributed by atoms with E-state index in [4.69, 9.17) is 15.2 Å². The van der Waals surface area contributed by atoms with Gasteiger partial charge in [-0.1, -0.05) is 0 Å². The number of hydrogen-bond donors (Lipinski definition) is 1. The van der Waals surface area contributed by atoms with Gasteiger partial charge in [0.05, 0.1) is 24.7 Å². The summed E-state index contributed by atoms with van der Waals surface area (Å²) in [5.41, 5.74) is 8.04. The molecule has 3 heterocycles.